The van der Waals surface area contributed by atoms with Gasteiger partial charge in [0.05, 0.1) is 24.9 Å². The van der Waals surface area contributed by atoms with Crippen molar-refractivity contribution in [2.75, 3.05) is 13.2 Å². The van der Waals surface area contributed by atoms with Crippen LogP contribution in [-0.2, 0) is 9.53 Å². The minimum Gasteiger partial charge on any atom is -0.392 e. The minimum atomic E-state index is -0.576. The van der Waals surface area contributed by atoms with Crippen LogP contribution in [0.15, 0.2) is 23.3 Å². The summed E-state index contributed by atoms with van der Waals surface area (Å²) in [6.45, 7) is 8.41. The third-order valence-electron chi connectivity index (χ3n) is 4.98. The normalized spacial score (nSPS) is 27.6. The Morgan fingerprint density at radius 1 is 1.46 bits per heavy atom. The van der Waals surface area contributed by atoms with Gasteiger partial charge in [0, 0.05) is 12.3 Å². The van der Waals surface area contributed by atoms with E-state index in [1.54, 1.807) is 6.08 Å². The minimum absolute atomic E-state index is 0.0107. The topological polar surface area (TPSA) is 66.8 Å². The molecule has 1 heterocycles. The van der Waals surface area contributed by atoms with Gasteiger partial charge in [-0.05, 0) is 58.4 Å². The monoisotopic (exact) mass is 338 g/mol. The first kappa shape index (κ1) is 21.1. The molecule has 2 N–H and O–H groups in total. The van der Waals surface area contributed by atoms with Crippen molar-refractivity contribution in [3.05, 3.63) is 23.3 Å². The van der Waals surface area contributed by atoms with Gasteiger partial charge in [-0.1, -0.05) is 24.6 Å². The van der Waals surface area contributed by atoms with Crippen LogP contribution in [0.4, 0.5) is 0 Å². The van der Waals surface area contributed by atoms with Gasteiger partial charge in [0.2, 0.25) is 0 Å². The molecule has 1 aliphatic heterocycles. The standard InChI is InChI=1S/C20H34O4/c1-15(2)7-9-18(22)16(3)6-5-12-20(4)19(23)10-8-17(11-13-21)14-24-20/h7,11,16,19,21,23H,5-6,8-10,12-14H2,1-4H3/t16?,19-,20?/m0/s1. The largest absolute Gasteiger partial charge is 0.392 e. The highest BCUT2D eigenvalue weighted by atomic mass is 16.5. The lowest BCUT2D eigenvalue weighted by Crippen LogP contribution is -2.41. The van der Waals surface area contributed by atoms with Crippen molar-refractivity contribution in [2.45, 2.75) is 77.9 Å². The fraction of sp³-hybridized carbons (Fsp3) is 0.750. The Morgan fingerprint density at radius 3 is 2.79 bits per heavy atom. The summed E-state index contributed by atoms with van der Waals surface area (Å²) in [7, 11) is 0. The fourth-order valence-electron chi connectivity index (χ4n) is 3.01. The fourth-order valence-corrected chi connectivity index (χ4v) is 3.01. The maximum Gasteiger partial charge on any atom is 0.139 e. The molecule has 2 unspecified atom stereocenters. The van der Waals surface area contributed by atoms with Gasteiger partial charge < -0.3 is 14.9 Å². The molecule has 0 aromatic rings. The number of ether oxygens (including phenoxy) is 1. The van der Waals surface area contributed by atoms with Gasteiger partial charge in [-0.25, -0.2) is 0 Å². The Bertz CT molecular complexity index is 462. The van der Waals surface area contributed by atoms with E-state index in [9.17, 15) is 9.90 Å². The number of Topliss-reactive ketones (excluding diaryl/α,β-unsaturated/α-hetero) is 1. The Hall–Kier alpha value is -0.970. The van der Waals surface area contributed by atoms with E-state index in [1.165, 1.54) is 5.57 Å². The quantitative estimate of drug-likeness (QED) is 0.664. The number of allylic oxidation sites excluding steroid dienone is 2. The van der Waals surface area contributed by atoms with Crippen LogP contribution in [0.1, 0.15) is 66.2 Å². The van der Waals surface area contributed by atoms with Crippen molar-refractivity contribution in [3.8, 4) is 0 Å². The molecule has 1 rings (SSSR count). The number of carbonyl (C=O) groups is 1. The van der Waals surface area contributed by atoms with E-state index in [1.807, 2.05) is 33.8 Å². The van der Waals surface area contributed by atoms with Gasteiger partial charge in [0.15, 0.2) is 0 Å². The third-order valence-corrected chi connectivity index (χ3v) is 4.98. The first-order valence-electron chi connectivity index (χ1n) is 9.05. The van der Waals surface area contributed by atoms with E-state index in [0.717, 1.165) is 31.3 Å². The van der Waals surface area contributed by atoms with Gasteiger partial charge in [0.25, 0.3) is 0 Å². The van der Waals surface area contributed by atoms with E-state index in [4.69, 9.17) is 9.84 Å². The van der Waals surface area contributed by atoms with E-state index in [-0.39, 0.29) is 18.3 Å². The molecule has 0 bridgehead atoms. The zero-order valence-corrected chi connectivity index (χ0v) is 15.7. The molecular weight excluding hydrogens is 304 g/mol. The average Bonchev–Trinajstić information content (AvgIpc) is 2.66. The molecule has 0 aliphatic carbocycles. The van der Waals surface area contributed by atoms with Crippen LogP contribution in [-0.4, -0.2) is 40.9 Å². The number of aliphatic hydroxyl groups is 2. The molecule has 1 aliphatic rings. The average molecular weight is 338 g/mol. The highest BCUT2D eigenvalue weighted by Crippen LogP contribution is 2.31. The highest BCUT2D eigenvalue weighted by molar-refractivity contribution is 5.82. The second-order valence-electron chi connectivity index (χ2n) is 7.45. The van der Waals surface area contributed by atoms with Gasteiger partial charge >= 0.3 is 0 Å². The highest BCUT2D eigenvalue weighted by Gasteiger charge is 2.35. The molecule has 0 spiro atoms. The molecule has 0 aromatic heterocycles. The van der Waals surface area contributed by atoms with Crippen LogP contribution in [0.5, 0.6) is 0 Å². The van der Waals surface area contributed by atoms with Crippen molar-refractivity contribution >= 4 is 5.78 Å². The Kier molecular flexibility index (Phi) is 8.88. The number of aliphatic hydroxyl groups excluding tert-OH is 2. The number of rotatable bonds is 8. The first-order valence-corrected chi connectivity index (χ1v) is 9.05. The predicted octanol–water partition coefficient (Wildman–Crippen LogP) is 3.57. The molecule has 138 valence electrons. The van der Waals surface area contributed by atoms with Crippen LogP contribution in [0, 0.1) is 5.92 Å². The van der Waals surface area contributed by atoms with E-state index in [0.29, 0.717) is 19.4 Å². The van der Waals surface area contributed by atoms with Crippen LogP contribution < -0.4 is 0 Å². The van der Waals surface area contributed by atoms with Crippen molar-refractivity contribution in [2.24, 2.45) is 5.92 Å². The van der Waals surface area contributed by atoms with Gasteiger partial charge in [0.1, 0.15) is 5.78 Å². The smallest absolute Gasteiger partial charge is 0.139 e. The molecule has 1 fully saturated rings. The van der Waals surface area contributed by atoms with Gasteiger partial charge in [-0.2, -0.15) is 0 Å². The van der Waals surface area contributed by atoms with Gasteiger partial charge in [-0.15, -0.1) is 0 Å². The zero-order valence-electron chi connectivity index (χ0n) is 15.7. The van der Waals surface area contributed by atoms with Crippen LogP contribution in [0.25, 0.3) is 0 Å². The van der Waals surface area contributed by atoms with Crippen LogP contribution in [0.2, 0.25) is 0 Å². The molecule has 3 atom stereocenters. The molecule has 0 aromatic carbocycles. The molecule has 0 saturated carbocycles. The van der Waals surface area contributed by atoms with Crippen LogP contribution in [0.3, 0.4) is 0 Å². The second-order valence-corrected chi connectivity index (χ2v) is 7.45. The van der Waals surface area contributed by atoms with Crippen LogP contribution >= 0.6 is 0 Å². The number of hydrogen-bond donors (Lipinski definition) is 2. The lowest BCUT2D eigenvalue weighted by molar-refractivity contribution is -0.122. The second kappa shape index (κ2) is 10.1. The summed E-state index contributed by atoms with van der Waals surface area (Å²) in [6.07, 6.45) is 7.56. The number of hydrogen-bond acceptors (Lipinski definition) is 4. The number of carbonyl (C=O) groups excluding carboxylic acids is 1. The Labute approximate surface area is 146 Å². The maximum atomic E-state index is 12.1. The Balaban J connectivity index is 2.48. The van der Waals surface area contributed by atoms with Gasteiger partial charge in [-0.3, -0.25) is 4.79 Å². The summed E-state index contributed by atoms with van der Waals surface area (Å²) in [6, 6.07) is 0. The van der Waals surface area contributed by atoms with Crippen molar-refractivity contribution in [1.29, 1.82) is 0 Å². The van der Waals surface area contributed by atoms with Crippen molar-refractivity contribution in [1.82, 2.24) is 0 Å². The molecule has 4 heteroatoms. The van der Waals surface area contributed by atoms with E-state index in [2.05, 4.69) is 0 Å². The molecule has 0 radical (unpaired) electrons. The summed E-state index contributed by atoms with van der Waals surface area (Å²) >= 11 is 0. The Morgan fingerprint density at radius 2 is 2.17 bits per heavy atom. The lowest BCUT2D eigenvalue weighted by Gasteiger charge is -2.33. The molecule has 4 nitrogen and oxygen atoms in total. The SMILES string of the molecule is CC(C)=CCC(=O)C(C)CCCC1(C)OCC(=CCO)CC[C@@H]1O. The third kappa shape index (κ3) is 6.88. The molecule has 1 saturated heterocycles. The number of ketones is 1. The summed E-state index contributed by atoms with van der Waals surface area (Å²) in [5, 5.41) is 19.4. The van der Waals surface area contributed by atoms with Crippen molar-refractivity contribution in [3.63, 3.8) is 0 Å². The summed E-state index contributed by atoms with van der Waals surface area (Å²) in [4.78, 5) is 12.1. The zero-order chi connectivity index (χ0) is 18.2. The van der Waals surface area contributed by atoms with E-state index >= 15 is 0 Å². The molecule has 0 amide bonds. The molecular formula is C20H34O4. The van der Waals surface area contributed by atoms with E-state index < -0.39 is 11.7 Å². The lowest BCUT2D eigenvalue weighted by atomic mass is 9.87. The summed E-state index contributed by atoms with van der Waals surface area (Å²) in [5.74, 6) is 0.314. The first-order chi connectivity index (χ1) is 11.3. The summed E-state index contributed by atoms with van der Waals surface area (Å²) < 4.78 is 5.97. The summed E-state index contributed by atoms with van der Waals surface area (Å²) in [5.41, 5.74) is 1.64. The van der Waals surface area contributed by atoms with Crippen molar-refractivity contribution < 1.29 is 19.7 Å². The molecule has 24 heavy (non-hydrogen) atoms. The maximum absolute atomic E-state index is 12.1. The predicted molar refractivity (Wildman–Crippen MR) is 96.8 cm³/mol.